The van der Waals surface area contributed by atoms with Crippen LogP contribution in [-0.2, 0) is 0 Å². The molecule has 35 heavy (non-hydrogen) atoms. The summed E-state index contributed by atoms with van der Waals surface area (Å²) < 4.78 is 0. The van der Waals surface area contributed by atoms with Gasteiger partial charge in [0.1, 0.15) is 17.0 Å². The maximum atomic E-state index is 13.4. The van der Waals surface area contributed by atoms with Crippen molar-refractivity contribution in [1.82, 2.24) is 15.0 Å². The molecule has 0 atom stereocenters. The highest BCUT2D eigenvalue weighted by Crippen LogP contribution is 2.26. The minimum atomic E-state index is -0.679. The standard InChI is InChI=1S/C25H23ClN6O3/c1-3-9-32(18-6-4-5-17(27)12-18)25(35)15-7-8-20(26)21(11-15)30-23(33)19-10-16-13-28-14(2)29-22(16)31-24(19)34/h4-8,10-13H,3,9,27H2,1-2H3,(H,30,33)(H,28,29,31,34). The average Bonchev–Trinajstić information content (AvgIpc) is 2.83. The predicted octanol–water partition coefficient (Wildman–Crippen LogP) is 4.17. The van der Waals surface area contributed by atoms with Crippen molar-refractivity contribution in [2.75, 3.05) is 22.5 Å². The molecule has 10 heteroatoms. The molecule has 2 amide bonds. The number of anilines is 3. The second-order valence-electron chi connectivity index (χ2n) is 7.93. The fraction of sp³-hybridized carbons (Fsp3) is 0.160. The predicted molar refractivity (Wildman–Crippen MR) is 137 cm³/mol. The van der Waals surface area contributed by atoms with Crippen LogP contribution in [0, 0.1) is 6.92 Å². The van der Waals surface area contributed by atoms with Gasteiger partial charge in [-0.2, -0.15) is 0 Å². The van der Waals surface area contributed by atoms with E-state index >= 15 is 0 Å². The molecule has 2 heterocycles. The summed E-state index contributed by atoms with van der Waals surface area (Å²) in [7, 11) is 0. The van der Waals surface area contributed by atoms with Gasteiger partial charge in [0.15, 0.2) is 0 Å². The maximum Gasteiger partial charge on any atom is 0.262 e. The zero-order valence-electron chi connectivity index (χ0n) is 19.1. The summed E-state index contributed by atoms with van der Waals surface area (Å²) in [5.41, 5.74) is 7.22. The lowest BCUT2D eigenvalue weighted by Crippen LogP contribution is -2.32. The molecule has 0 unspecified atom stereocenters. The van der Waals surface area contributed by atoms with Crippen molar-refractivity contribution >= 4 is 51.5 Å². The number of carbonyl (C=O) groups excluding carboxylic acids is 2. The summed E-state index contributed by atoms with van der Waals surface area (Å²) in [6.45, 7) is 4.14. The molecule has 0 bridgehead atoms. The van der Waals surface area contributed by atoms with Crippen LogP contribution in [0.15, 0.2) is 59.5 Å². The Morgan fingerprint density at radius 3 is 2.71 bits per heavy atom. The number of aromatic nitrogens is 3. The Bertz CT molecular complexity index is 1500. The van der Waals surface area contributed by atoms with Crippen LogP contribution in [0.2, 0.25) is 5.02 Å². The van der Waals surface area contributed by atoms with Gasteiger partial charge < -0.3 is 20.9 Å². The number of benzene rings is 2. The molecule has 0 aliphatic heterocycles. The summed E-state index contributed by atoms with van der Waals surface area (Å²) in [6.07, 6.45) is 2.25. The molecule has 4 rings (SSSR count). The first kappa shape index (κ1) is 23.9. The zero-order chi connectivity index (χ0) is 25.1. The van der Waals surface area contributed by atoms with Crippen LogP contribution in [0.1, 0.15) is 39.9 Å². The molecule has 0 spiro atoms. The highest BCUT2D eigenvalue weighted by molar-refractivity contribution is 6.34. The summed E-state index contributed by atoms with van der Waals surface area (Å²) >= 11 is 6.30. The number of nitrogens with one attached hydrogen (secondary N) is 2. The molecule has 0 aliphatic rings. The van der Waals surface area contributed by atoms with Crippen LogP contribution >= 0.6 is 11.6 Å². The van der Waals surface area contributed by atoms with Crippen molar-refractivity contribution < 1.29 is 9.59 Å². The highest BCUT2D eigenvalue weighted by atomic mass is 35.5. The van der Waals surface area contributed by atoms with Crippen molar-refractivity contribution in [1.29, 1.82) is 0 Å². The Morgan fingerprint density at radius 2 is 1.97 bits per heavy atom. The summed E-state index contributed by atoms with van der Waals surface area (Å²) in [5, 5.41) is 3.36. The minimum absolute atomic E-state index is 0.134. The Labute approximate surface area is 206 Å². The van der Waals surface area contributed by atoms with E-state index in [1.807, 2.05) is 6.92 Å². The number of hydrogen-bond acceptors (Lipinski definition) is 6. The molecule has 0 radical (unpaired) electrons. The van der Waals surface area contributed by atoms with E-state index in [4.69, 9.17) is 17.3 Å². The number of rotatable bonds is 6. The van der Waals surface area contributed by atoms with E-state index in [1.165, 1.54) is 24.4 Å². The van der Waals surface area contributed by atoms with Gasteiger partial charge in [0.25, 0.3) is 17.4 Å². The van der Waals surface area contributed by atoms with Gasteiger partial charge in [0.2, 0.25) is 0 Å². The molecule has 2 aromatic heterocycles. The van der Waals surface area contributed by atoms with Crippen LogP contribution in [0.3, 0.4) is 0 Å². The summed E-state index contributed by atoms with van der Waals surface area (Å²) in [5.74, 6) is -0.462. The number of fused-ring (bicyclic) bond motifs is 1. The normalized spacial score (nSPS) is 10.8. The number of aryl methyl sites for hydroxylation is 1. The van der Waals surface area contributed by atoms with Gasteiger partial charge in [-0.1, -0.05) is 24.6 Å². The van der Waals surface area contributed by atoms with Crippen LogP contribution < -0.4 is 21.5 Å². The number of nitrogens with zero attached hydrogens (tertiary/aromatic N) is 3. The molecule has 0 saturated carbocycles. The van der Waals surface area contributed by atoms with E-state index in [0.29, 0.717) is 40.3 Å². The zero-order valence-corrected chi connectivity index (χ0v) is 19.9. The van der Waals surface area contributed by atoms with Crippen molar-refractivity contribution in [3.8, 4) is 0 Å². The van der Waals surface area contributed by atoms with Crippen molar-refractivity contribution in [3.63, 3.8) is 0 Å². The van der Waals surface area contributed by atoms with E-state index in [1.54, 1.807) is 42.2 Å². The van der Waals surface area contributed by atoms with Gasteiger partial charge in [0.05, 0.1) is 10.7 Å². The Balaban J connectivity index is 1.64. The molecule has 4 N–H and O–H groups in total. The van der Waals surface area contributed by atoms with Gasteiger partial charge in [-0.05, 0) is 55.8 Å². The lowest BCUT2D eigenvalue weighted by Gasteiger charge is -2.23. The molecule has 2 aromatic carbocycles. The third-order valence-corrected chi connectivity index (χ3v) is 5.62. The van der Waals surface area contributed by atoms with Crippen LogP contribution in [-0.4, -0.2) is 33.3 Å². The van der Waals surface area contributed by atoms with Gasteiger partial charge in [-0.15, -0.1) is 0 Å². The highest BCUT2D eigenvalue weighted by Gasteiger charge is 2.20. The van der Waals surface area contributed by atoms with Crippen LogP contribution in [0.25, 0.3) is 11.0 Å². The fourth-order valence-electron chi connectivity index (χ4n) is 3.61. The summed E-state index contributed by atoms with van der Waals surface area (Å²) in [4.78, 5) is 51.2. The second kappa shape index (κ2) is 9.94. The van der Waals surface area contributed by atoms with E-state index in [-0.39, 0.29) is 22.2 Å². The topological polar surface area (TPSA) is 134 Å². The third-order valence-electron chi connectivity index (χ3n) is 5.29. The monoisotopic (exact) mass is 490 g/mol. The SMILES string of the molecule is CCCN(C(=O)c1ccc(Cl)c(NC(=O)c2cc3cnc(C)nc3[nH]c2=O)c1)c1cccc(N)c1. The van der Waals surface area contributed by atoms with Gasteiger partial charge >= 0.3 is 0 Å². The van der Waals surface area contributed by atoms with Crippen LogP contribution in [0.4, 0.5) is 17.1 Å². The molecule has 0 fully saturated rings. The smallest absolute Gasteiger partial charge is 0.262 e. The lowest BCUT2D eigenvalue weighted by atomic mass is 10.1. The van der Waals surface area contributed by atoms with Gasteiger partial charge in [-0.3, -0.25) is 14.4 Å². The van der Waals surface area contributed by atoms with E-state index < -0.39 is 11.5 Å². The fourth-order valence-corrected chi connectivity index (χ4v) is 3.78. The summed E-state index contributed by atoms with van der Waals surface area (Å²) in [6, 6.07) is 13.1. The number of nitrogens with two attached hydrogens (primary N) is 1. The van der Waals surface area contributed by atoms with E-state index in [0.717, 1.165) is 6.42 Å². The number of H-pyrrole nitrogens is 1. The first-order valence-electron chi connectivity index (χ1n) is 10.9. The number of nitrogen functional groups attached to an aromatic ring is 1. The van der Waals surface area contributed by atoms with Crippen molar-refractivity contribution in [3.05, 3.63) is 87.1 Å². The first-order chi connectivity index (χ1) is 16.8. The minimum Gasteiger partial charge on any atom is -0.399 e. The third kappa shape index (κ3) is 5.15. The second-order valence-corrected chi connectivity index (χ2v) is 8.34. The molecular weight excluding hydrogens is 468 g/mol. The maximum absolute atomic E-state index is 13.4. The van der Waals surface area contributed by atoms with Crippen molar-refractivity contribution in [2.45, 2.75) is 20.3 Å². The Hall–Kier alpha value is -4.24. The number of amides is 2. The number of carbonyl (C=O) groups is 2. The molecular formula is C25H23ClN6O3. The Morgan fingerprint density at radius 1 is 1.17 bits per heavy atom. The number of pyridine rings is 1. The lowest BCUT2D eigenvalue weighted by molar-refractivity contribution is 0.0984. The van der Waals surface area contributed by atoms with Gasteiger partial charge in [0, 0.05) is 35.1 Å². The van der Waals surface area contributed by atoms with E-state index in [2.05, 4.69) is 20.3 Å². The van der Waals surface area contributed by atoms with Crippen LogP contribution in [0.5, 0.6) is 0 Å². The molecule has 4 aromatic rings. The number of hydrogen-bond donors (Lipinski definition) is 3. The average molecular weight is 491 g/mol. The largest absolute Gasteiger partial charge is 0.399 e. The molecule has 9 nitrogen and oxygen atoms in total. The van der Waals surface area contributed by atoms with Crippen molar-refractivity contribution in [2.24, 2.45) is 0 Å². The first-order valence-corrected chi connectivity index (χ1v) is 11.3. The molecule has 0 saturated heterocycles. The molecule has 178 valence electrons. The number of aromatic amines is 1. The Kier molecular flexibility index (Phi) is 6.79. The quantitative estimate of drug-likeness (QED) is 0.347. The van der Waals surface area contributed by atoms with Gasteiger partial charge in [-0.25, -0.2) is 9.97 Å². The number of halogens is 1. The molecule has 0 aliphatic carbocycles. The van der Waals surface area contributed by atoms with E-state index in [9.17, 15) is 14.4 Å².